The van der Waals surface area contributed by atoms with Gasteiger partial charge in [0.15, 0.2) is 5.82 Å². The SMILES string of the molecule is CCCC(=O)OCCC1[C@H]2CN(c3cc4nccnc4c(N4CC[C@@H]4C)n3)C[C@@H]12. The molecule has 29 heavy (non-hydrogen) atoms. The van der Waals surface area contributed by atoms with Crippen LogP contribution < -0.4 is 9.80 Å². The molecule has 0 amide bonds. The van der Waals surface area contributed by atoms with Gasteiger partial charge >= 0.3 is 5.97 Å². The second-order valence-electron chi connectivity index (χ2n) is 8.71. The molecule has 0 spiro atoms. The Bertz CT molecular complexity index is 907. The van der Waals surface area contributed by atoms with E-state index in [0.29, 0.717) is 36.8 Å². The molecule has 0 bridgehead atoms. The van der Waals surface area contributed by atoms with Crippen LogP contribution in [0.5, 0.6) is 0 Å². The number of aromatic nitrogens is 3. The van der Waals surface area contributed by atoms with Crippen molar-refractivity contribution >= 4 is 28.6 Å². The van der Waals surface area contributed by atoms with Gasteiger partial charge in [0.2, 0.25) is 0 Å². The molecule has 2 aromatic heterocycles. The molecule has 5 rings (SSSR count). The minimum absolute atomic E-state index is 0.0610. The number of carbonyl (C=O) groups excluding carboxylic acids is 1. The molecule has 3 aliphatic rings. The van der Waals surface area contributed by atoms with E-state index in [9.17, 15) is 4.79 Å². The Balaban J connectivity index is 1.25. The molecule has 0 radical (unpaired) electrons. The van der Waals surface area contributed by atoms with Crippen molar-refractivity contribution < 1.29 is 9.53 Å². The monoisotopic (exact) mass is 395 g/mol. The van der Waals surface area contributed by atoms with E-state index in [-0.39, 0.29) is 5.97 Å². The number of piperidine rings is 1. The summed E-state index contributed by atoms with van der Waals surface area (Å²) >= 11 is 0. The van der Waals surface area contributed by atoms with Gasteiger partial charge in [-0.3, -0.25) is 9.78 Å². The maximum atomic E-state index is 11.5. The number of nitrogens with zero attached hydrogens (tertiary/aromatic N) is 5. The number of ether oxygens (including phenoxy) is 1. The number of hydrogen-bond donors (Lipinski definition) is 0. The van der Waals surface area contributed by atoms with Crippen molar-refractivity contribution in [3.8, 4) is 0 Å². The number of rotatable bonds is 7. The van der Waals surface area contributed by atoms with Crippen molar-refractivity contribution in [1.82, 2.24) is 15.0 Å². The largest absolute Gasteiger partial charge is 0.466 e. The smallest absolute Gasteiger partial charge is 0.305 e. The van der Waals surface area contributed by atoms with E-state index >= 15 is 0 Å². The van der Waals surface area contributed by atoms with Crippen LogP contribution in [0.2, 0.25) is 0 Å². The molecule has 4 heterocycles. The number of carbonyl (C=O) groups is 1. The van der Waals surface area contributed by atoms with Gasteiger partial charge in [0.05, 0.1) is 12.1 Å². The van der Waals surface area contributed by atoms with Gasteiger partial charge in [0.1, 0.15) is 11.3 Å². The van der Waals surface area contributed by atoms with Gasteiger partial charge in [-0.25, -0.2) is 9.97 Å². The Morgan fingerprint density at radius 3 is 2.72 bits per heavy atom. The van der Waals surface area contributed by atoms with Gasteiger partial charge in [-0.2, -0.15) is 0 Å². The molecule has 1 unspecified atom stereocenters. The summed E-state index contributed by atoms with van der Waals surface area (Å²) in [7, 11) is 0. The summed E-state index contributed by atoms with van der Waals surface area (Å²) in [5, 5.41) is 0. The van der Waals surface area contributed by atoms with Crippen LogP contribution in [-0.4, -0.2) is 53.2 Å². The van der Waals surface area contributed by atoms with Crippen molar-refractivity contribution in [3.05, 3.63) is 18.5 Å². The predicted octanol–water partition coefficient (Wildman–Crippen LogP) is 3.04. The maximum Gasteiger partial charge on any atom is 0.305 e. The number of hydrogen-bond acceptors (Lipinski definition) is 7. The Labute approximate surface area is 171 Å². The first-order valence-electron chi connectivity index (χ1n) is 10.9. The van der Waals surface area contributed by atoms with E-state index in [0.717, 1.165) is 55.1 Å². The van der Waals surface area contributed by atoms with Crippen LogP contribution in [0.4, 0.5) is 11.6 Å². The zero-order valence-electron chi connectivity index (χ0n) is 17.3. The number of anilines is 2. The second-order valence-corrected chi connectivity index (χ2v) is 8.71. The van der Waals surface area contributed by atoms with Crippen molar-refractivity contribution in [1.29, 1.82) is 0 Å². The fraction of sp³-hybridized carbons (Fsp3) is 0.636. The molecule has 3 fully saturated rings. The van der Waals surface area contributed by atoms with Crippen molar-refractivity contribution in [3.63, 3.8) is 0 Å². The Morgan fingerprint density at radius 2 is 2.03 bits per heavy atom. The lowest BCUT2D eigenvalue weighted by Crippen LogP contribution is -2.46. The van der Waals surface area contributed by atoms with Crippen LogP contribution in [0.25, 0.3) is 11.0 Å². The first kappa shape index (κ1) is 18.6. The minimum atomic E-state index is -0.0610. The molecular formula is C22H29N5O2. The molecule has 2 aliphatic heterocycles. The van der Waals surface area contributed by atoms with Gasteiger partial charge in [-0.05, 0) is 43.9 Å². The molecule has 0 aromatic carbocycles. The number of fused-ring (bicyclic) bond motifs is 2. The second kappa shape index (κ2) is 7.43. The fourth-order valence-electron chi connectivity index (χ4n) is 4.99. The fourth-order valence-corrected chi connectivity index (χ4v) is 4.99. The number of esters is 1. The normalized spacial score (nSPS) is 27.7. The van der Waals surface area contributed by atoms with E-state index in [1.807, 2.05) is 6.92 Å². The summed E-state index contributed by atoms with van der Waals surface area (Å²) in [6, 6.07) is 2.59. The molecular weight excluding hydrogens is 366 g/mol. The summed E-state index contributed by atoms with van der Waals surface area (Å²) in [5.74, 6) is 4.03. The average molecular weight is 396 g/mol. The van der Waals surface area contributed by atoms with Crippen LogP contribution in [0, 0.1) is 17.8 Å². The standard InChI is InChI=1S/C22H29N5O2/c1-3-4-20(28)29-10-6-15-16-12-26(13-17(15)16)19-11-18-21(24-8-7-23-18)22(25-19)27-9-5-14(27)2/h7-8,11,14-17H,3-6,9-10,12-13H2,1-2H3/t14-,15?,16-,17+/m0/s1. The summed E-state index contributed by atoms with van der Waals surface area (Å²) in [6.07, 6.45) is 7.08. The molecule has 4 atom stereocenters. The zero-order chi connectivity index (χ0) is 20.0. The van der Waals surface area contributed by atoms with E-state index < -0.39 is 0 Å². The molecule has 2 aromatic rings. The molecule has 0 N–H and O–H groups in total. The maximum absolute atomic E-state index is 11.5. The van der Waals surface area contributed by atoms with Crippen LogP contribution in [0.15, 0.2) is 18.5 Å². The summed E-state index contributed by atoms with van der Waals surface area (Å²) in [6.45, 7) is 7.91. The Morgan fingerprint density at radius 1 is 1.24 bits per heavy atom. The van der Waals surface area contributed by atoms with Crippen LogP contribution in [0.3, 0.4) is 0 Å². The molecule has 7 heteroatoms. The third-order valence-electron chi connectivity index (χ3n) is 6.88. The highest BCUT2D eigenvalue weighted by atomic mass is 16.5. The predicted molar refractivity (Wildman–Crippen MR) is 112 cm³/mol. The Hall–Kier alpha value is -2.44. The summed E-state index contributed by atoms with van der Waals surface area (Å²) in [4.78, 5) is 30.4. The molecule has 1 aliphatic carbocycles. The lowest BCUT2D eigenvalue weighted by molar-refractivity contribution is -0.143. The van der Waals surface area contributed by atoms with Crippen LogP contribution >= 0.6 is 0 Å². The van der Waals surface area contributed by atoms with Crippen molar-refractivity contribution in [2.24, 2.45) is 17.8 Å². The lowest BCUT2D eigenvalue weighted by Gasteiger charge is -2.40. The van der Waals surface area contributed by atoms with Crippen LogP contribution in [-0.2, 0) is 9.53 Å². The van der Waals surface area contributed by atoms with E-state index in [4.69, 9.17) is 9.72 Å². The van der Waals surface area contributed by atoms with Gasteiger partial charge in [-0.15, -0.1) is 0 Å². The van der Waals surface area contributed by atoms with Crippen molar-refractivity contribution in [2.75, 3.05) is 36.0 Å². The van der Waals surface area contributed by atoms with E-state index in [1.54, 1.807) is 12.4 Å². The first-order valence-corrected chi connectivity index (χ1v) is 10.9. The van der Waals surface area contributed by atoms with Crippen molar-refractivity contribution in [2.45, 2.75) is 45.6 Å². The Kier molecular flexibility index (Phi) is 4.76. The average Bonchev–Trinajstić information content (AvgIpc) is 3.16. The van der Waals surface area contributed by atoms with Crippen LogP contribution in [0.1, 0.15) is 39.5 Å². The highest BCUT2D eigenvalue weighted by Gasteiger charge is 2.55. The molecule has 2 saturated heterocycles. The third-order valence-corrected chi connectivity index (χ3v) is 6.88. The zero-order valence-corrected chi connectivity index (χ0v) is 17.3. The quantitative estimate of drug-likeness (QED) is 0.667. The highest BCUT2D eigenvalue weighted by Crippen LogP contribution is 2.54. The highest BCUT2D eigenvalue weighted by molar-refractivity contribution is 5.88. The summed E-state index contributed by atoms with van der Waals surface area (Å²) < 4.78 is 5.34. The third kappa shape index (κ3) is 3.40. The van der Waals surface area contributed by atoms with Gasteiger partial charge in [-0.1, -0.05) is 6.92 Å². The lowest BCUT2D eigenvalue weighted by atomic mass is 10.1. The molecule has 154 valence electrons. The van der Waals surface area contributed by atoms with E-state index in [1.165, 1.54) is 6.42 Å². The molecule has 1 saturated carbocycles. The molecule has 7 nitrogen and oxygen atoms in total. The van der Waals surface area contributed by atoms with Gasteiger partial charge in [0, 0.05) is 50.6 Å². The van der Waals surface area contributed by atoms with Gasteiger partial charge in [0.25, 0.3) is 0 Å². The topological polar surface area (TPSA) is 71.5 Å². The van der Waals surface area contributed by atoms with E-state index in [2.05, 4.69) is 32.8 Å². The summed E-state index contributed by atoms with van der Waals surface area (Å²) in [5.41, 5.74) is 1.82. The van der Waals surface area contributed by atoms with Gasteiger partial charge < -0.3 is 14.5 Å². The minimum Gasteiger partial charge on any atom is -0.466 e. The number of pyridine rings is 1. The first-order chi connectivity index (χ1) is 14.2.